The second-order valence-corrected chi connectivity index (χ2v) is 7.90. The van der Waals surface area contributed by atoms with Crippen molar-refractivity contribution in [2.24, 2.45) is 0 Å². The Kier molecular flexibility index (Phi) is 9.34. The molecule has 3 aromatic carbocycles. The maximum Gasteiger partial charge on any atom is 0.513 e. The fourth-order valence-corrected chi connectivity index (χ4v) is 3.35. The minimum absolute atomic E-state index is 0.166. The minimum Gasteiger partial charge on any atom is -0.482 e. The first-order valence-electron chi connectivity index (χ1n) is 10.5. The molecule has 0 aliphatic heterocycles. The number of hydrogen-bond acceptors (Lipinski definition) is 6. The smallest absolute Gasteiger partial charge is 0.482 e. The summed E-state index contributed by atoms with van der Waals surface area (Å²) < 4.78 is 15.1. The van der Waals surface area contributed by atoms with Crippen molar-refractivity contribution in [2.45, 2.75) is 13.5 Å². The van der Waals surface area contributed by atoms with E-state index < -0.39 is 6.16 Å². The Labute approximate surface area is 212 Å². The Balaban J connectivity index is 1.55. The molecule has 0 atom stereocenters. The zero-order chi connectivity index (χ0) is 25.2. The molecule has 0 saturated carbocycles. The van der Waals surface area contributed by atoms with Gasteiger partial charge in [0.1, 0.15) is 11.5 Å². The molecule has 8 nitrogen and oxygen atoms in total. The van der Waals surface area contributed by atoms with Gasteiger partial charge in [-0.05, 0) is 61.0 Å². The van der Waals surface area contributed by atoms with Gasteiger partial charge in [-0.25, -0.2) is 4.79 Å². The number of anilines is 1. The lowest BCUT2D eigenvalue weighted by atomic mass is 10.1. The number of amides is 2. The van der Waals surface area contributed by atoms with E-state index in [1.54, 1.807) is 43.3 Å². The summed E-state index contributed by atoms with van der Waals surface area (Å²) in [6.45, 7) is 1.79. The van der Waals surface area contributed by atoms with Gasteiger partial charge < -0.3 is 24.8 Å². The Hall–Kier alpha value is -3.75. The Morgan fingerprint density at radius 1 is 0.943 bits per heavy atom. The highest BCUT2D eigenvalue weighted by atomic mass is 35.5. The first kappa shape index (κ1) is 25.9. The predicted octanol–water partition coefficient (Wildman–Crippen LogP) is 5.48. The highest BCUT2D eigenvalue weighted by Crippen LogP contribution is 2.27. The lowest BCUT2D eigenvalue weighted by Crippen LogP contribution is -2.29. The van der Waals surface area contributed by atoms with E-state index in [1.807, 2.05) is 0 Å². The van der Waals surface area contributed by atoms with Gasteiger partial charge in [-0.3, -0.25) is 9.59 Å². The Morgan fingerprint density at radius 3 is 2.40 bits per heavy atom. The van der Waals surface area contributed by atoms with Crippen molar-refractivity contribution in [3.8, 4) is 11.5 Å². The van der Waals surface area contributed by atoms with Crippen LogP contribution in [0.1, 0.15) is 22.8 Å². The highest BCUT2D eigenvalue weighted by molar-refractivity contribution is 6.35. The van der Waals surface area contributed by atoms with Crippen molar-refractivity contribution >= 4 is 46.9 Å². The monoisotopic (exact) mass is 516 g/mol. The van der Waals surface area contributed by atoms with E-state index in [0.717, 1.165) is 0 Å². The van der Waals surface area contributed by atoms with Crippen LogP contribution in [0.15, 0.2) is 66.7 Å². The topological polar surface area (TPSA) is 103 Å². The largest absolute Gasteiger partial charge is 0.513 e. The van der Waals surface area contributed by atoms with Gasteiger partial charge in [-0.2, -0.15) is 0 Å². The van der Waals surface area contributed by atoms with Crippen LogP contribution in [0.25, 0.3) is 0 Å². The summed E-state index contributed by atoms with van der Waals surface area (Å²) in [6.07, 6.45) is -0.817. The number of hydrogen-bond donors (Lipinski definition) is 2. The molecule has 2 N–H and O–H groups in total. The van der Waals surface area contributed by atoms with E-state index in [4.69, 9.17) is 37.4 Å². The molecule has 2 amide bonds. The van der Waals surface area contributed by atoms with Crippen LogP contribution in [-0.2, 0) is 16.1 Å². The fraction of sp³-hybridized carbons (Fsp3) is 0.160. The van der Waals surface area contributed by atoms with E-state index in [-0.39, 0.29) is 37.3 Å². The summed E-state index contributed by atoms with van der Waals surface area (Å²) in [5, 5.41) is 6.33. The van der Waals surface area contributed by atoms with Crippen molar-refractivity contribution < 1.29 is 28.6 Å². The van der Waals surface area contributed by atoms with Gasteiger partial charge in [0.2, 0.25) is 0 Å². The number of carbonyl (C=O) groups is 3. The van der Waals surface area contributed by atoms with Crippen molar-refractivity contribution in [2.75, 3.05) is 18.5 Å². The molecular weight excluding hydrogens is 495 g/mol. The summed E-state index contributed by atoms with van der Waals surface area (Å²) in [5.41, 5.74) is 1.58. The molecule has 0 radical (unpaired) electrons. The number of benzene rings is 3. The van der Waals surface area contributed by atoms with Crippen LogP contribution in [-0.4, -0.2) is 31.2 Å². The molecule has 182 valence electrons. The van der Waals surface area contributed by atoms with Gasteiger partial charge in [0.05, 0.1) is 11.6 Å². The number of ether oxygens (including phenoxy) is 3. The summed E-state index contributed by atoms with van der Waals surface area (Å²) in [4.78, 5) is 36.3. The molecular formula is C25H22Cl2N2O6. The zero-order valence-corrected chi connectivity index (χ0v) is 20.2. The van der Waals surface area contributed by atoms with E-state index in [1.165, 1.54) is 30.3 Å². The summed E-state index contributed by atoms with van der Waals surface area (Å²) in [5.74, 6) is -0.135. The van der Waals surface area contributed by atoms with E-state index in [9.17, 15) is 14.4 Å². The number of nitrogens with one attached hydrogen (secondary N) is 2. The van der Waals surface area contributed by atoms with Gasteiger partial charge in [0.25, 0.3) is 11.8 Å². The molecule has 0 aliphatic carbocycles. The molecule has 0 unspecified atom stereocenters. The first-order valence-corrected chi connectivity index (χ1v) is 11.3. The fourth-order valence-electron chi connectivity index (χ4n) is 2.89. The van der Waals surface area contributed by atoms with Crippen LogP contribution in [0.5, 0.6) is 11.5 Å². The molecule has 10 heteroatoms. The standard InChI is InChI=1S/C25H22Cl2N2O6/c1-2-33-25(32)35-19-10-7-16(8-11-19)24(31)29-21-6-4-3-5-17(21)14-28-23(30)15-34-22-12-9-18(26)13-20(22)27/h3-13H,2,14-15H2,1H3,(H,28,30)(H,29,31). The molecule has 0 spiro atoms. The van der Waals surface area contributed by atoms with Crippen LogP contribution in [0.2, 0.25) is 10.0 Å². The van der Waals surface area contributed by atoms with Gasteiger partial charge in [0, 0.05) is 22.8 Å². The lowest BCUT2D eigenvalue weighted by molar-refractivity contribution is -0.123. The quantitative estimate of drug-likeness (QED) is 0.288. The lowest BCUT2D eigenvalue weighted by Gasteiger charge is -2.13. The van der Waals surface area contributed by atoms with Crippen LogP contribution in [0.3, 0.4) is 0 Å². The molecule has 0 aliphatic rings. The van der Waals surface area contributed by atoms with Gasteiger partial charge >= 0.3 is 6.16 Å². The Morgan fingerprint density at radius 2 is 1.69 bits per heavy atom. The highest BCUT2D eigenvalue weighted by Gasteiger charge is 2.12. The van der Waals surface area contributed by atoms with E-state index in [2.05, 4.69) is 10.6 Å². The first-order chi connectivity index (χ1) is 16.9. The maximum atomic E-state index is 12.7. The van der Waals surface area contributed by atoms with Crippen molar-refractivity contribution in [3.63, 3.8) is 0 Å². The Bertz CT molecular complexity index is 1200. The third-order valence-electron chi connectivity index (χ3n) is 4.57. The molecule has 0 bridgehead atoms. The molecule has 35 heavy (non-hydrogen) atoms. The number of rotatable bonds is 9. The average molecular weight is 517 g/mol. The zero-order valence-electron chi connectivity index (χ0n) is 18.7. The van der Waals surface area contributed by atoms with Gasteiger partial charge in [-0.1, -0.05) is 41.4 Å². The van der Waals surface area contributed by atoms with Crippen molar-refractivity contribution in [1.82, 2.24) is 5.32 Å². The molecule has 0 saturated heterocycles. The molecule has 0 aromatic heterocycles. The normalized spacial score (nSPS) is 10.3. The van der Waals surface area contributed by atoms with E-state index >= 15 is 0 Å². The summed E-state index contributed by atoms with van der Waals surface area (Å²) in [6, 6.07) is 17.8. The number of carbonyl (C=O) groups excluding carboxylic acids is 3. The van der Waals surface area contributed by atoms with Crippen LogP contribution >= 0.6 is 23.2 Å². The molecule has 3 aromatic rings. The molecule has 3 rings (SSSR count). The van der Waals surface area contributed by atoms with Crippen LogP contribution in [0, 0.1) is 0 Å². The molecule has 0 fully saturated rings. The summed E-state index contributed by atoms with van der Waals surface area (Å²) in [7, 11) is 0. The average Bonchev–Trinajstić information content (AvgIpc) is 2.83. The van der Waals surface area contributed by atoms with Crippen LogP contribution in [0.4, 0.5) is 10.5 Å². The number of halogens is 2. The third kappa shape index (κ3) is 7.91. The second-order valence-electron chi connectivity index (χ2n) is 7.06. The van der Waals surface area contributed by atoms with Gasteiger partial charge in [0.15, 0.2) is 6.61 Å². The van der Waals surface area contributed by atoms with Crippen molar-refractivity contribution in [1.29, 1.82) is 0 Å². The summed E-state index contributed by atoms with van der Waals surface area (Å²) >= 11 is 11.9. The molecule has 0 heterocycles. The maximum absolute atomic E-state index is 12.7. The van der Waals surface area contributed by atoms with Gasteiger partial charge in [-0.15, -0.1) is 0 Å². The SMILES string of the molecule is CCOC(=O)Oc1ccc(C(=O)Nc2ccccc2CNC(=O)COc2ccc(Cl)cc2Cl)cc1. The number of para-hydroxylation sites is 1. The predicted molar refractivity (Wildman–Crippen MR) is 132 cm³/mol. The van der Waals surface area contributed by atoms with E-state index in [0.29, 0.717) is 32.6 Å². The third-order valence-corrected chi connectivity index (χ3v) is 5.10. The van der Waals surface area contributed by atoms with Crippen LogP contribution < -0.4 is 20.1 Å². The minimum atomic E-state index is -0.817. The second kappa shape index (κ2) is 12.6. The van der Waals surface area contributed by atoms with Crippen molar-refractivity contribution in [3.05, 3.63) is 87.9 Å².